The third-order valence-corrected chi connectivity index (χ3v) is 4.30. The van der Waals surface area contributed by atoms with Crippen molar-refractivity contribution in [3.05, 3.63) is 70.3 Å². The molecule has 0 spiro atoms. The maximum atomic E-state index is 3.83. The van der Waals surface area contributed by atoms with E-state index in [1.54, 1.807) is 0 Å². The molecule has 0 amide bonds. The van der Waals surface area contributed by atoms with Gasteiger partial charge in [0.15, 0.2) is 0 Å². The molecular formula is C17H19Br. The number of hydrogen-bond donors (Lipinski definition) is 0. The summed E-state index contributed by atoms with van der Waals surface area (Å²) in [6, 6.07) is 15.3. The normalized spacial score (nSPS) is 12.4. The van der Waals surface area contributed by atoms with Crippen molar-refractivity contribution >= 4 is 15.9 Å². The average Bonchev–Trinajstić information content (AvgIpc) is 2.32. The molecular weight excluding hydrogens is 284 g/mol. The van der Waals surface area contributed by atoms with Gasteiger partial charge in [-0.15, -0.1) is 0 Å². The first-order chi connectivity index (χ1) is 8.58. The Morgan fingerprint density at radius 2 is 1.72 bits per heavy atom. The Bertz CT molecular complexity index is 543. The second-order valence-corrected chi connectivity index (χ2v) is 6.06. The fourth-order valence-corrected chi connectivity index (χ4v) is 3.14. The molecule has 0 saturated heterocycles. The van der Waals surface area contributed by atoms with Crippen LogP contribution in [0.25, 0.3) is 0 Å². The first-order valence-corrected chi connectivity index (χ1v) is 7.25. The van der Waals surface area contributed by atoms with E-state index in [4.69, 9.17) is 0 Å². The minimum absolute atomic E-state index is 0.388. The van der Waals surface area contributed by atoms with Gasteiger partial charge in [-0.25, -0.2) is 0 Å². The number of benzene rings is 2. The highest BCUT2D eigenvalue weighted by molar-refractivity contribution is 9.09. The van der Waals surface area contributed by atoms with Crippen LogP contribution in [0.3, 0.4) is 0 Å². The molecule has 1 unspecified atom stereocenters. The van der Waals surface area contributed by atoms with E-state index in [0.29, 0.717) is 4.83 Å². The maximum Gasteiger partial charge on any atom is 0.0438 e. The van der Waals surface area contributed by atoms with Crippen LogP contribution < -0.4 is 0 Å². The summed E-state index contributed by atoms with van der Waals surface area (Å²) in [4.78, 5) is 0.388. The van der Waals surface area contributed by atoms with E-state index in [9.17, 15) is 0 Å². The van der Waals surface area contributed by atoms with Crippen molar-refractivity contribution in [2.24, 2.45) is 0 Å². The van der Waals surface area contributed by atoms with Crippen LogP contribution in [-0.4, -0.2) is 0 Å². The quantitative estimate of drug-likeness (QED) is 0.676. The predicted molar refractivity (Wildman–Crippen MR) is 82.5 cm³/mol. The molecule has 94 valence electrons. The lowest BCUT2D eigenvalue weighted by Gasteiger charge is -2.15. The Kier molecular flexibility index (Phi) is 4.23. The smallest absolute Gasteiger partial charge is 0.0438 e. The van der Waals surface area contributed by atoms with E-state index in [1.165, 1.54) is 27.8 Å². The molecule has 0 radical (unpaired) electrons. The third kappa shape index (κ3) is 3.02. The molecule has 0 N–H and O–H groups in total. The van der Waals surface area contributed by atoms with E-state index >= 15 is 0 Å². The number of rotatable bonds is 3. The summed E-state index contributed by atoms with van der Waals surface area (Å²) in [6.07, 6.45) is 1.03. The predicted octanol–water partition coefficient (Wildman–Crippen LogP) is 5.29. The fraction of sp³-hybridized carbons (Fsp3) is 0.294. The Morgan fingerprint density at radius 3 is 2.44 bits per heavy atom. The van der Waals surface area contributed by atoms with Crippen molar-refractivity contribution in [1.29, 1.82) is 0 Å². The van der Waals surface area contributed by atoms with Gasteiger partial charge in [-0.1, -0.05) is 64.0 Å². The second kappa shape index (κ2) is 5.71. The van der Waals surface area contributed by atoms with Crippen LogP contribution in [0.1, 0.15) is 32.6 Å². The molecule has 1 atom stereocenters. The largest absolute Gasteiger partial charge is 0.0835 e. The van der Waals surface area contributed by atoms with Crippen LogP contribution >= 0.6 is 15.9 Å². The van der Waals surface area contributed by atoms with E-state index < -0.39 is 0 Å². The summed E-state index contributed by atoms with van der Waals surface area (Å²) < 4.78 is 0. The van der Waals surface area contributed by atoms with Gasteiger partial charge >= 0.3 is 0 Å². The van der Waals surface area contributed by atoms with Gasteiger partial charge in [0.05, 0.1) is 0 Å². The van der Waals surface area contributed by atoms with E-state index in [-0.39, 0.29) is 0 Å². The van der Waals surface area contributed by atoms with Gasteiger partial charge in [-0.2, -0.15) is 0 Å². The van der Waals surface area contributed by atoms with Crippen molar-refractivity contribution in [3.8, 4) is 0 Å². The highest BCUT2D eigenvalue weighted by Gasteiger charge is 2.11. The summed E-state index contributed by atoms with van der Waals surface area (Å²) in [5, 5.41) is 0. The lowest BCUT2D eigenvalue weighted by molar-refractivity contribution is 0.933. The highest BCUT2D eigenvalue weighted by Crippen LogP contribution is 2.30. The zero-order valence-electron chi connectivity index (χ0n) is 11.2. The van der Waals surface area contributed by atoms with Crippen molar-refractivity contribution in [1.82, 2.24) is 0 Å². The van der Waals surface area contributed by atoms with Crippen LogP contribution in [0.4, 0.5) is 0 Å². The molecule has 0 bridgehead atoms. The van der Waals surface area contributed by atoms with E-state index in [2.05, 4.69) is 79.2 Å². The van der Waals surface area contributed by atoms with Crippen molar-refractivity contribution in [3.63, 3.8) is 0 Å². The molecule has 0 aromatic heterocycles. The summed E-state index contributed by atoms with van der Waals surface area (Å²) >= 11 is 3.83. The molecule has 2 aromatic rings. The number of aryl methyl sites for hydroxylation is 2. The lowest BCUT2D eigenvalue weighted by Crippen LogP contribution is -1.99. The van der Waals surface area contributed by atoms with Crippen LogP contribution in [0.5, 0.6) is 0 Å². The highest BCUT2D eigenvalue weighted by atomic mass is 79.9. The zero-order chi connectivity index (χ0) is 13.1. The number of hydrogen-bond acceptors (Lipinski definition) is 0. The van der Waals surface area contributed by atoms with Gasteiger partial charge in [-0.3, -0.25) is 0 Å². The van der Waals surface area contributed by atoms with E-state index in [1.807, 2.05) is 0 Å². The van der Waals surface area contributed by atoms with Crippen molar-refractivity contribution < 1.29 is 0 Å². The molecule has 0 saturated carbocycles. The molecule has 2 rings (SSSR count). The topological polar surface area (TPSA) is 0 Å². The Labute approximate surface area is 118 Å². The molecule has 0 aliphatic carbocycles. The summed E-state index contributed by atoms with van der Waals surface area (Å²) in [5.41, 5.74) is 6.87. The van der Waals surface area contributed by atoms with Gasteiger partial charge in [-0.05, 0) is 49.4 Å². The Balaban J connectivity index is 2.22. The fourth-order valence-electron chi connectivity index (χ4n) is 2.27. The molecule has 18 heavy (non-hydrogen) atoms. The van der Waals surface area contributed by atoms with Gasteiger partial charge in [0, 0.05) is 4.83 Å². The van der Waals surface area contributed by atoms with Crippen molar-refractivity contribution in [2.45, 2.75) is 32.0 Å². The second-order valence-electron chi connectivity index (χ2n) is 4.95. The molecule has 0 heterocycles. The molecule has 2 aromatic carbocycles. The van der Waals surface area contributed by atoms with Gasteiger partial charge in [0.1, 0.15) is 0 Å². The van der Waals surface area contributed by atoms with Crippen molar-refractivity contribution in [2.75, 3.05) is 0 Å². The lowest BCUT2D eigenvalue weighted by atomic mass is 9.97. The first-order valence-electron chi connectivity index (χ1n) is 6.33. The van der Waals surface area contributed by atoms with Crippen LogP contribution in [0, 0.1) is 20.8 Å². The van der Waals surface area contributed by atoms with Crippen LogP contribution in [0.2, 0.25) is 0 Å². The van der Waals surface area contributed by atoms with Gasteiger partial charge < -0.3 is 0 Å². The Morgan fingerprint density at radius 1 is 1.00 bits per heavy atom. The monoisotopic (exact) mass is 302 g/mol. The van der Waals surface area contributed by atoms with E-state index in [0.717, 1.165) is 6.42 Å². The molecule has 1 heteroatoms. The minimum atomic E-state index is 0.388. The van der Waals surface area contributed by atoms with Crippen LogP contribution in [0.15, 0.2) is 42.5 Å². The number of alkyl halides is 1. The summed E-state index contributed by atoms with van der Waals surface area (Å²) in [5.74, 6) is 0. The van der Waals surface area contributed by atoms with Gasteiger partial charge in [0.25, 0.3) is 0 Å². The minimum Gasteiger partial charge on any atom is -0.0835 e. The first kappa shape index (κ1) is 13.4. The molecule has 0 fully saturated rings. The molecule has 0 aliphatic rings. The molecule has 0 nitrogen and oxygen atoms in total. The third-order valence-electron chi connectivity index (χ3n) is 3.48. The average molecular weight is 303 g/mol. The number of halogens is 1. The maximum absolute atomic E-state index is 3.83. The molecule has 0 aliphatic heterocycles. The standard InChI is InChI=1S/C17H19Br/c1-12-6-4-8-15(10-12)11-17(18)16-9-5-7-13(2)14(16)3/h4-10,17H,11H2,1-3H3. The zero-order valence-corrected chi connectivity index (χ0v) is 12.8. The van der Waals surface area contributed by atoms with Gasteiger partial charge in [0.2, 0.25) is 0 Å². The summed E-state index contributed by atoms with van der Waals surface area (Å²) in [6.45, 7) is 6.52. The van der Waals surface area contributed by atoms with Crippen LogP contribution in [-0.2, 0) is 6.42 Å². The Hall–Kier alpha value is -1.08. The SMILES string of the molecule is Cc1cccc(CC(Br)c2cccc(C)c2C)c1. The summed E-state index contributed by atoms with van der Waals surface area (Å²) in [7, 11) is 0.